The number of carbonyl (C=O) groups is 1. The van der Waals surface area contributed by atoms with Crippen molar-refractivity contribution in [3.63, 3.8) is 0 Å². The number of nitrogens with zero attached hydrogens (tertiary/aromatic N) is 2. The monoisotopic (exact) mass is 333 g/mol. The van der Waals surface area contributed by atoms with Gasteiger partial charge >= 0.3 is 6.03 Å². The molecule has 2 unspecified atom stereocenters. The van der Waals surface area contributed by atoms with E-state index in [1.165, 1.54) is 0 Å². The second-order valence-electron chi connectivity index (χ2n) is 6.72. The van der Waals surface area contributed by atoms with Crippen molar-refractivity contribution in [2.45, 2.75) is 38.6 Å². The molecule has 0 radical (unpaired) electrons. The van der Waals surface area contributed by atoms with Gasteiger partial charge in [0.15, 0.2) is 0 Å². The van der Waals surface area contributed by atoms with E-state index in [4.69, 9.17) is 0 Å². The number of isocyanates is 1. The number of nitrogens with one attached hydrogen (secondary N) is 3. The number of rotatable bonds is 4. The van der Waals surface area contributed by atoms with Gasteiger partial charge in [-0.2, -0.15) is 0 Å². The lowest BCUT2D eigenvalue weighted by Gasteiger charge is -2.30. The summed E-state index contributed by atoms with van der Waals surface area (Å²) in [5.41, 5.74) is 1.46. The number of urea groups is 1. The van der Waals surface area contributed by atoms with Crippen LogP contribution in [0, 0.1) is 11.8 Å². The van der Waals surface area contributed by atoms with Gasteiger partial charge in [-0.05, 0) is 37.5 Å². The van der Waals surface area contributed by atoms with E-state index in [2.05, 4.69) is 20.5 Å². The predicted molar refractivity (Wildman–Crippen MR) is 87.4 cm³/mol. The van der Waals surface area contributed by atoms with Crippen molar-refractivity contribution in [2.75, 3.05) is 19.6 Å². The Bertz CT molecular complexity index is 688. The first-order chi connectivity index (χ1) is 11.7. The normalized spacial score (nSPS) is 23.2. The summed E-state index contributed by atoms with van der Waals surface area (Å²) < 4.78 is 0. The minimum absolute atomic E-state index is 0.0868. The van der Waals surface area contributed by atoms with Crippen LogP contribution in [0.15, 0.2) is 9.79 Å². The molecule has 1 aromatic heterocycles. The van der Waals surface area contributed by atoms with Crippen molar-refractivity contribution in [2.24, 2.45) is 16.8 Å². The van der Waals surface area contributed by atoms with Gasteiger partial charge in [0.2, 0.25) is 6.08 Å². The molecule has 0 aromatic carbocycles. The lowest BCUT2D eigenvalue weighted by Crippen LogP contribution is -2.45. The minimum Gasteiger partial charge on any atom is -0.338 e. The molecular formula is C16H23N5O3. The van der Waals surface area contributed by atoms with Crippen LogP contribution in [0.3, 0.4) is 0 Å². The lowest BCUT2D eigenvalue weighted by atomic mass is 9.81. The Labute approximate surface area is 139 Å². The Hall–Kier alpha value is -2.34. The first kappa shape index (κ1) is 16.5. The maximum absolute atomic E-state index is 12.4. The summed E-state index contributed by atoms with van der Waals surface area (Å²) in [5, 5.41) is 8.42. The molecule has 1 saturated carbocycles. The van der Waals surface area contributed by atoms with Gasteiger partial charge in [0.1, 0.15) is 0 Å². The Morgan fingerprint density at radius 2 is 2.17 bits per heavy atom. The van der Waals surface area contributed by atoms with Gasteiger partial charge in [-0.25, -0.2) is 14.6 Å². The Balaban J connectivity index is 1.47. The number of H-pyrrole nitrogens is 2. The third-order valence-electron chi connectivity index (χ3n) is 5.08. The van der Waals surface area contributed by atoms with E-state index in [0.29, 0.717) is 44.4 Å². The first-order valence-corrected chi connectivity index (χ1v) is 8.52. The molecule has 0 saturated heterocycles. The lowest BCUT2D eigenvalue weighted by molar-refractivity contribution is 0.185. The predicted octanol–water partition coefficient (Wildman–Crippen LogP) is 0.913. The fourth-order valence-electron chi connectivity index (χ4n) is 3.77. The average molecular weight is 333 g/mol. The molecule has 0 spiro atoms. The summed E-state index contributed by atoms with van der Waals surface area (Å²) in [6.45, 7) is 2.18. The Morgan fingerprint density at radius 1 is 1.33 bits per heavy atom. The number of hydrogen-bond donors (Lipinski definition) is 3. The fraction of sp³-hybridized carbons (Fsp3) is 0.688. The molecule has 2 heterocycles. The molecule has 2 aliphatic rings. The molecule has 1 aliphatic carbocycles. The second-order valence-corrected chi connectivity index (χ2v) is 6.72. The van der Waals surface area contributed by atoms with E-state index in [0.717, 1.165) is 36.9 Å². The maximum atomic E-state index is 12.4. The number of hydrogen-bond acceptors (Lipinski definition) is 4. The van der Waals surface area contributed by atoms with Gasteiger partial charge in [-0.3, -0.25) is 9.89 Å². The summed E-state index contributed by atoms with van der Waals surface area (Å²) in [5.74, 6) is 0.853. The van der Waals surface area contributed by atoms with Gasteiger partial charge in [-0.1, -0.05) is 6.42 Å². The van der Waals surface area contributed by atoms with Crippen molar-refractivity contribution in [3.8, 4) is 0 Å². The number of aromatic nitrogens is 2. The van der Waals surface area contributed by atoms with E-state index < -0.39 is 0 Å². The van der Waals surface area contributed by atoms with Crippen molar-refractivity contribution < 1.29 is 9.59 Å². The third-order valence-corrected chi connectivity index (χ3v) is 5.08. The van der Waals surface area contributed by atoms with Crippen molar-refractivity contribution in [1.29, 1.82) is 0 Å². The quantitative estimate of drug-likeness (QED) is 0.562. The molecule has 1 aromatic rings. The summed E-state index contributed by atoms with van der Waals surface area (Å²) in [4.78, 5) is 39.5. The number of amides is 2. The molecular weight excluding hydrogens is 310 g/mol. The van der Waals surface area contributed by atoms with Crippen LogP contribution in [0.25, 0.3) is 0 Å². The fourth-order valence-corrected chi connectivity index (χ4v) is 3.77. The molecule has 1 aliphatic heterocycles. The van der Waals surface area contributed by atoms with Gasteiger partial charge in [0.25, 0.3) is 5.56 Å². The van der Waals surface area contributed by atoms with Crippen LogP contribution >= 0.6 is 0 Å². The van der Waals surface area contributed by atoms with Crippen LogP contribution in [0.2, 0.25) is 0 Å². The number of aromatic amines is 2. The van der Waals surface area contributed by atoms with E-state index in [9.17, 15) is 14.4 Å². The molecule has 3 N–H and O–H groups in total. The number of fused-ring (bicyclic) bond motifs is 1. The van der Waals surface area contributed by atoms with Crippen LogP contribution in [0.1, 0.15) is 36.9 Å². The summed E-state index contributed by atoms with van der Waals surface area (Å²) in [6, 6.07) is -0.0873. The van der Waals surface area contributed by atoms with E-state index >= 15 is 0 Å². The largest absolute Gasteiger partial charge is 0.338 e. The summed E-state index contributed by atoms with van der Waals surface area (Å²) in [7, 11) is 0. The zero-order chi connectivity index (χ0) is 16.9. The highest BCUT2D eigenvalue weighted by Crippen LogP contribution is 2.28. The molecule has 2 amide bonds. The second kappa shape index (κ2) is 7.49. The summed E-state index contributed by atoms with van der Waals surface area (Å²) in [6.07, 6.45) is 6.46. The molecule has 0 bridgehead atoms. The van der Waals surface area contributed by atoms with Gasteiger partial charge < -0.3 is 15.3 Å². The highest BCUT2D eigenvalue weighted by atomic mass is 16.2. The van der Waals surface area contributed by atoms with Crippen molar-refractivity contribution >= 4 is 12.1 Å². The molecule has 130 valence electrons. The standard InChI is InChI=1S/C16H23N5O3/c22-10-17-7-11-2-1-3-12(6-11)8-18-16(24)21-5-4-13-14(9-21)19-20-15(13)23/h11-12H,1-9H2,(H,18,24)(H2,19,20,23). The molecule has 1 fully saturated rings. The van der Waals surface area contributed by atoms with Crippen LogP contribution in [0.5, 0.6) is 0 Å². The Kier molecular flexibility index (Phi) is 5.15. The van der Waals surface area contributed by atoms with E-state index in [1.807, 2.05) is 0 Å². The molecule has 8 heteroatoms. The number of aliphatic imine (C=N–C) groups is 1. The average Bonchev–Trinajstić information content (AvgIpc) is 2.99. The van der Waals surface area contributed by atoms with Crippen molar-refractivity contribution in [1.82, 2.24) is 20.4 Å². The molecule has 3 rings (SSSR count). The third kappa shape index (κ3) is 3.76. The topological polar surface area (TPSA) is 110 Å². The molecule has 24 heavy (non-hydrogen) atoms. The SMILES string of the molecule is O=C=NCC1CCCC(CNC(=O)N2CCc3c([nH][nH]c3=O)C2)C1. The van der Waals surface area contributed by atoms with Crippen LogP contribution in [0.4, 0.5) is 4.79 Å². The van der Waals surface area contributed by atoms with Gasteiger partial charge in [-0.15, -0.1) is 0 Å². The number of carbonyl (C=O) groups excluding carboxylic acids is 2. The van der Waals surface area contributed by atoms with Gasteiger partial charge in [0.05, 0.1) is 18.8 Å². The zero-order valence-electron chi connectivity index (χ0n) is 13.6. The van der Waals surface area contributed by atoms with E-state index in [1.54, 1.807) is 11.0 Å². The zero-order valence-corrected chi connectivity index (χ0v) is 13.6. The van der Waals surface area contributed by atoms with Crippen LogP contribution in [-0.2, 0) is 17.8 Å². The Morgan fingerprint density at radius 3 is 3.00 bits per heavy atom. The minimum atomic E-state index is -0.0873. The van der Waals surface area contributed by atoms with Gasteiger partial charge in [0, 0.05) is 18.7 Å². The smallest absolute Gasteiger partial charge is 0.317 e. The highest BCUT2D eigenvalue weighted by Gasteiger charge is 2.26. The van der Waals surface area contributed by atoms with Crippen molar-refractivity contribution in [3.05, 3.63) is 21.6 Å². The van der Waals surface area contributed by atoms with Crippen LogP contribution < -0.4 is 10.9 Å². The highest BCUT2D eigenvalue weighted by molar-refractivity contribution is 5.74. The molecule has 2 atom stereocenters. The van der Waals surface area contributed by atoms with E-state index in [-0.39, 0.29) is 11.6 Å². The summed E-state index contributed by atoms with van der Waals surface area (Å²) >= 11 is 0. The van der Waals surface area contributed by atoms with Crippen LogP contribution in [-0.4, -0.2) is 46.8 Å². The maximum Gasteiger partial charge on any atom is 0.317 e. The molecule has 8 nitrogen and oxygen atoms in total. The first-order valence-electron chi connectivity index (χ1n) is 8.52.